The molecule has 2 aliphatic rings. The minimum absolute atomic E-state index is 0.00164. The zero-order valence-corrected chi connectivity index (χ0v) is 36.4. The molecule has 11 nitrogen and oxygen atoms in total. The third kappa shape index (κ3) is 11.8. The Morgan fingerprint density at radius 2 is 1.56 bits per heavy atom. The molecular formula is C50H54ClN3O8. The van der Waals surface area contributed by atoms with Gasteiger partial charge in [0.15, 0.2) is 6.10 Å². The van der Waals surface area contributed by atoms with E-state index in [1.54, 1.807) is 38.1 Å². The number of hydrogen-bond acceptors (Lipinski definition) is 8. The largest absolute Gasteiger partial charge is 0.459 e. The van der Waals surface area contributed by atoms with E-state index in [4.69, 9.17) is 25.8 Å². The topological polar surface area (TPSA) is 149 Å². The van der Waals surface area contributed by atoms with Crippen molar-refractivity contribution in [3.8, 4) is 11.1 Å². The highest BCUT2D eigenvalue weighted by atomic mass is 35.5. The Bertz CT molecular complexity index is 2280. The summed E-state index contributed by atoms with van der Waals surface area (Å²) in [6, 6.07) is 29.6. The third-order valence-corrected chi connectivity index (χ3v) is 11.3. The second-order valence-corrected chi connectivity index (χ2v) is 17.3. The predicted molar refractivity (Wildman–Crippen MR) is 240 cm³/mol. The van der Waals surface area contributed by atoms with Crippen LogP contribution in [-0.4, -0.2) is 61.2 Å². The number of anilines is 1. The molecule has 6 rings (SSSR count). The fourth-order valence-corrected chi connectivity index (χ4v) is 7.71. The standard InChI is InChI=1S/C50H54ClN3O8/c1-31(2)26-44-47(57)61-43(32(3)22-23-33-14-7-6-8-15-33)20-13-21-45(55)53-42(46(56)52-30-50(4,5)48(58)62-44)28-34-24-25-41(40(51)27-34)54-49(59)60-29-39-37-18-11-9-16-35(37)36-17-10-12-19-38(36)39/h6-19,21-25,27,31-32,39,42-44H,20,26,28-30H2,1-5H3,(H,52,56)(H,53,55)(H,54,59)/b21-13+,23-22+/t32-,42-,43+,44+/m1/s1. The van der Waals surface area contributed by atoms with Gasteiger partial charge >= 0.3 is 18.0 Å². The number of carbonyl (C=O) groups excluding carboxylic acids is 5. The van der Waals surface area contributed by atoms with E-state index >= 15 is 0 Å². The van der Waals surface area contributed by atoms with Crippen LogP contribution in [0.25, 0.3) is 17.2 Å². The molecule has 12 heteroatoms. The van der Waals surface area contributed by atoms with Crippen LogP contribution >= 0.6 is 11.6 Å². The van der Waals surface area contributed by atoms with Crippen molar-refractivity contribution in [2.75, 3.05) is 18.5 Å². The molecule has 0 saturated heterocycles. The van der Waals surface area contributed by atoms with Crippen LogP contribution in [0.1, 0.15) is 75.6 Å². The van der Waals surface area contributed by atoms with Crippen molar-refractivity contribution in [2.24, 2.45) is 17.3 Å². The highest BCUT2D eigenvalue weighted by Crippen LogP contribution is 2.44. The lowest BCUT2D eigenvalue weighted by Gasteiger charge is -2.29. The van der Waals surface area contributed by atoms with Gasteiger partial charge in [0.05, 0.1) is 16.1 Å². The fourth-order valence-electron chi connectivity index (χ4n) is 7.46. The van der Waals surface area contributed by atoms with Gasteiger partial charge in [0, 0.05) is 31.2 Å². The smallest absolute Gasteiger partial charge is 0.411 e. The third-order valence-electron chi connectivity index (χ3n) is 11.0. The molecule has 0 saturated carbocycles. The number of rotatable bonds is 10. The van der Waals surface area contributed by atoms with Gasteiger partial charge < -0.3 is 24.8 Å². The molecule has 0 spiro atoms. The van der Waals surface area contributed by atoms with Crippen molar-refractivity contribution in [2.45, 2.75) is 78.0 Å². The van der Waals surface area contributed by atoms with E-state index in [0.29, 0.717) is 11.3 Å². The van der Waals surface area contributed by atoms with Gasteiger partial charge in [0.1, 0.15) is 18.8 Å². The number of nitrogens with one attached hydrogen (secondary N) is 3. The number of cyclic esters (lactones) is 2. The lowest BCUT2D eigenvalue weighted by molar-refractivity contribution is -0.178. The van der Waals surface area contributed by atoms with Crippen LogP contribution in [0, 0.1) is 17.3 Å². The number of benzene rings is 4. The minimum atomic E-state index is -1.25. The molecule has 1 aliphatic heterocycles. The van der Waals surface area contributed by atoms with Crippen LogP contribution in [0.4, 0.5) is 10.5 Å². The quantitative estimate of drug-likeness (QED) is 0.106. The maximum Gasteiger partial charge on any atom is 0.411 e. The summed E-state index contributed by atoms with van der Waals surface area (Å²) in [5.74, 6) is -2.87. The van der Waals surface area contributed by atoms with Gasteiger partial charge in [0.25, 0.3) is 0 Å². The summed E-state index contributed by atoms with van der Waals surface area (Å²) < 4.78 is 17.5. The van der Waals surface area contributed by atoms with Crippen LogP contribution < -0.4 is 16.0 Å². The molecular weight excluding hydrogens is 806 g/mol. The first-order chi connectivity index (χ1) is 29.7. The summed E-state index contributed by atoms with van der Waals surface area (Å²) in [5.41, 5.74) is 5.04. The Balaban J connectivity index is 1.16. The number of ether oxygens (including phenoxy) is 3. The van der Waals surface area contributed by atoms with Crippen molar-refractivity contribution in [1.29, 1.82) is 0 Å². The van der Waals surface area contributed by atoms with Crippen LogP contribution in [0.2, 0.25) is 5.02 Å². The fraction of sp³-hybridized carbons (Fsp3) is 0.340. The molecule has 324 valence electrons. The molecule has 3 N–H and O–H groups in total. The van der Waals surface area contributed by atoms with Crippen molar-refractivity contribution >= 4 is 53.2 Å². The average Bonchev–Trinajstić information content (AvgIpc) is 3.57. The first-order valence-corrected chi connectivity index (χ1v) is 21.4. The second kappa shape index (κ2) is 20.6. The van der Waals surface area contributed by atoms with E-state index in [1.165, 1.54) is 6.08 Å². The Morgan fingerprint density at radius 1 is 0.903 bits per heavy atom. The molecule has 62 heavy (non-hydrogen) atoms. The number of fused-ring (bicyclic) bond motifs is 3. The molecule has 0 unspecified atom stereocenters. The Kier molecular flexibility index (Phi) is 15.0. The summed E-state index contributed by atoms with van der Waals surface area (Å²) >= 11 is 6.67. The van der Waals surface area contributed by atoms with Crippen LogP contribution in [0.5, 0.6) is 0 Å². The normalized spacial score (nSPS) is 20.6. The zero-order valence-electron chi connectivity index (χ0n) is 35.7. The summed E-state index contributed by atoms with van der Waals surface area (Å²) in [5, 5.41) is 8.49. The zero-order chi connectivity index (χ0) is 44.4. The molecule has 0 radical (unpaired) electrons. The van der Waals surface area contributed by atoms with Crippen LogP contribution in [0.3, 0.4) is 0 Å². The van der Waals surface area contributed by atoms with Gasteiger partial charge in [0.2, 0.25) is 11.8 Å². The Hall–Kier alpha value is -6.20. The summed E-state index contributed by atoms with van der Waals surface area (Å²) in [7, 11) is 0. The molecule has 3 amide bonds. The first kappa shape index (κ1) is 45.3. The predicted octanol–water partition coefficient (Wildman–Crippen LogP) is 9.05. The van der Waals surface area contributed by atoms with E-state index in [-0.39, 0.29) is 55.2 Å². The van der Waals surface area contributed by atoms with Crippen molar-refractivity contribution in [3.05, 3.63) is 143 Å². The second-order valence-electron chi connectivity index (χ2n) is 16.9. The Morgan fingerprint density at radius 3 is 2.23 bits per heavy atom. The lowest BCUT2D eigenvalue weighted by Crippen LogP contribution is -2.51. The summed E-state index contributed by atoms with van der Waals surface area (Å²) in [6.07, 6.45) is 4.63. The van der Waals surface area contributed by atoms with E-state index in [1.807, 2.05) is 99.7 Å². The van der Waals surface area contributed by atoms with Gasteiger partial charge in [-0.05, 0) is 77.8 Å². The van der Waals surface area contributed by atoms with Crippen molar-refractivity contribution in [1.82, 2.24) is 10.6 Å². The van der Waals surface area contributed by atoms with Gasteiger partial charge in [-0.3, -0.25) is 19.7 Å². The Labute approximate surface area is 368 Å². The SMILES string of the molecule is CC(C)C[C@@H]1OC(=O)C(C)(C)CNC(=O)[C@@H](Cc2ccc(NC(=O)OCC3c4ccccc4-c4ccccc43)c(Cl)c2)NC(=O)/C=C/C[C@@H]([C@H](C)/C=C/c2ccccc2)OC1=O. The van der Waals surface area contributed by atoms with E-state index < -0.39 is 53.5 Å². The van der Waals surface area contributed by atoms with Gasteiger partial charge in [-0.2, -0.15) is 0 Å². The molecule has 0 aromatic heterocycles. The monoisotopic (exact) mass is 859 g/mol. The van der Waals surface area contributed by atoms with Crippen molar-refractivity contribution in [3.63, 3.8) is 0 Å². The number of esters is 2. The summed E-state index contributed by atoms with van der Waals surface area (Å²) in [6.45, 7) is 8.92. The summed E-state index contributed by atoms with van der Waals surface area (Å²) in [4.78, 5) is 67.5. The molecule has 4 aromatic carbocycles. The molecule has 0 fully saturated rings. The number of hydrogen-bond donors (Lipinski definition) is 3. The first-order valence-electron chi connectivity index (χ1n) is 21.0. The number of amides is 3. The van der Waals surface area contributed by atoms with Crippen molar-refractivity contribution < 1.29 is 38.2 Å². The van der Waals surface area contributed by atoms with Crippen LogP contribution in [-0.2, 0) is 39.8 Å². The molecule has 4 atom stereocenters. The van der Waals surface area contributed by atoms with E-state index in [2.05, 4.69) is 28.1 Å². The van der Waals surface area contributed by atoms with Crippen LogP contribution in [0.15, 0.2) is 115 Å². The van der Waals surface area contributed by atoms with E-state index in [9.17, 15) is 24.0 Å². The maximum atomic E-state index is 13.8. The minimum Gasteiger partial charge on any atom is -0.459 e. The average molecular weight is 860 g/mol. The van der Waals surface area contributed by atoms with Gasteiger partial charge in [-0.1, -0.05) is 136 Å². The highest BCUT2D eigenvalue weighted by Gasteiger charge is 2.37. The number of carbonyl (C=O) groups is 5. The lowest BCUT2D eigenvalue weighted by atomic mass is 9.93. The van der Waals surface area contributed by atoms with Gasteiger partial charge in [-0.25, -0.2) is 9.59 Å². The van der Waals surface area contributed by atoms with E-state index in [0.717, 1.165) is 27.8 Å². The maximum absolute atomic E-state index is 13.8. The molecule has 0 bridgehead atoms. The van der Waals surface area contributed by atoms with Gasteiger partial charge in [-0.15, -0.1) is 0 Å². The number of halogens is 1. The highest BCUT2D eigenvalue weighted by molar-refractivity contribution is 6.33. The molecule has 1 heterocycles. The molecule has 4 aromatic rings. The molecule has 1 aliphatic carbocycles.